The van der Waals surface area contributed by atoms with E-state index in [2.05, 4.69) is 16.4 Å². The van der Waals surface area contributed by atoms with Crippen molar-refractivity contribution in [3.05, 3.63) is 24.0 Å². The molecule has 3 N–H and O–H groups in total. The molecule has 0 spiro atoms. The highest BCUT2D eigenvalue weighted by molar-refractivity contribution is 5.92. The van der Waals surface area contributed by atoms with Crippen LogP contribution in [0, 0.1) is 17.8 Å². The van der Waals surface area contributed by atoms with E-state index in [1.54, 1.807) is 13.1 Å². The predicted octanol–water partition coefficient (Wildman–Crippen LogP) is 2.98. The molecule has 0 aromatic carbocycles. The molecule has 4 bridgehead atoms. The average Bonchev–Trinajstić information content (AvgIpc) is 2.91. The minimum absolute atomic E-state index is 0.389. The lowest BCUT2D eigenvalue weighted by Gasteiger charge is -2.58. The number of rotatable bonds is 3. The predicted molar refractivity (Wildman–Crippen MR) is 97.3 cm³/mol. The number of aliphatic hydroxyl groups is 2. The van der Waals surface area contributed by atoms with Gasteiger partial charge in [0, 0.05) is 36.4 Å². The van der Waals surface area contributed by atoms with Crippen LogP contribution in [-0.4, -0.2) is 31.4 Å². The lowest BCUT2D eigenvalue weighted by molar-refractivity contribution is -0.129. The summed E-state index contributed by atoms with van der Waals surface area (Å²) in [6, 6.07) is 2.47. The molecule has 25 heavy (non-hydrogen) atoms. The van der Waals surface area contributed by atoms with Gasteiger partial charge in [-0.3, -0.25) is 0 Å². The number of fused-ring (bicyclic) bond motifs is 1. The Morgan fingerprint density at radius 2 is 2.00 bits per heavy atom. The Kier molecular flexibility index (Phi) is 3.26. The summed E-state index contributed by atoms with van der Waals surface area (Å²) in [5.41, 5.74) is 2.42. The Hall–Kier alpha value is -1.59. The van der Waals surface area contributed by atoms with E-state index in [1.165, 1.54) is 12.8 Å². The van der Waals surface area contributed by atoms with Gasteiger partial charge < -0.3 is 20.1 Å². The van der Waals surface area contributed by atoms with Crippen molar-refractivity contribution in [2.75, 3.05) is 5.32 Å². The van der Waals surface area contributed by atoms with Crippen molar-refractivity contribution in [1.29, 1.82) is 0 Å². The first kappa shape index (κ1) is 15.6. The van der Waals surface area contributed by atoms with E-state index in [-0.39, 0.29) is 0 Å². The highest BCUT2D eigenvalue weighted by atomic mass is 16.3. The third-order valence-electron chi connectivity index (χ3n) is 6.93. The first-order valence-electron chi connectivity index (χ1n) is 9.54. The van der Waals surface area contributed by atoms with Gasteiger partial charge in [-0.25, -0.2) is 4.98 Å². The third kappa shape index (κ3) is 2.32. The standard InChI is InChI=1S/C20H27N3O2/c1-11(24)16-10-21-19-15(3-4-23(19)2)18(16)22-17-13-5-12-6-14(17)9-20(25,7-12)8-13/h3-4,10-14,17,24-25H,5-9H2,1-2H3,(H,21,22). The van der Waals surface area contributed by atoms with Crippen molar-refractivity contribution < 1.29 is 10.2 Å². The Morgan fingerprint density at radius 3 is 2.64 bits per heavy atom. The quantitative estimate of drug-likeness (QED) is 0.803. The van der Waals surface area contributed by atoms with Crippen LogP contribution < -0.4 is 5.32 Å². The molecule has 3 unspecified atom stereocenters. The lowest BCUT2D eigenvalue weighted by Crippen LogP contribution is -2.59. The lowest BCUT2D eigenvalue weighted by atomic mass is 9.52. The monoisotopic (exact) mass is 341 g/mol. The SMILES string of the molecule is CC(O)c1cnc2c(ccn2C)c1NC1C2CC3CC1CC(O)(C3)C2. The Morgan fingerprint density at radius 1 is 1.28 bits per heavy atom. The van der Waals surface area contributed by atoms with E-state index < -0.39 is 11.7 Å². The Balaban J connectivity index is 1.55. The average molecular weight is 341 g/mol. The van der Waals surface area contributed by atoms with Crippen molar-refractivity contribution >= 4 is 16.7 Å². The fourth-order valence-corrected chi connectivity index (χ4v) is 6.09. The van der Waals surface area contributed by atoms with Gasteiger partial charge in [-0.2, -0.15) is 0 Å². The molecule has 4 aliphatic carbocycles. The van der Waals surface area contributed by atoms with Crippen LogP contribution in [0.1, 0.15) is 50.7 Å². The normalized spacial score (nSPS) is 37.6. The van der Waals surface area contributed by atoms with E-state index in [0.717, 1.165) is 41.5 Å². The van der Waals surface area contributed by atoms with Crippen LogP contribution in [0.25, 0.3) is 11.0 Å². The van der Waals surface area contributed by atoms with E-state index in [4.69, 9.17) is 0 Å². The molecule has 6 rings (SSSR count). The molecule has 4 aliphatic rings. The summed E-state index contributed by atoms with van der Waals surface area (Å²) in [4.78, 5) is 4.54. The van der Waals surface area contributed by atoms with Crippen LogP contribution in [0.15, 0.2) is 18.5 Å². The number of nitrogens with one attached hydrogen (secondary N) is 1. The second-order valence-corrected chi connectivity index (χ2v) is 8.79. The van der Waals surface area contributed by atoms with Gasteiger partial charge in [0.25, 0.3) is 0 Å². The largest absolute Gasteiger partial charge is 0.390 e. The summed E-state index contributed by atoms with van der Waals surface area (Å²) in [6.45, 7) is 1.80. The highest BCUT2D eigenvalue weighted by Gasteiger charge is 2.54. The summed E-state index contributed by atoms with van der Waals surface area (Å²) in [7, 11) is 2.00. The van der Waals surface area contributed by atoms with Crippen molar-refractivity contribution in [1.82, 2.24) is 9.55 Å². The summed E-state index contributed by atoms with van der Waals surface area (Å²) in [5, 5.41) is 26.0. The number of aryl methyl sites for hydroxylation is 1. The van der Waals surface area contributed by atoms with E-state index in [9.17, 15) is 10.2 Å². The van der Waals surface area contributed by atoms with Gasteiger partial charge in [-0.05, 0) is 62.8 Å². The number of nitrogens with zero attached hydrogens (tertiary/aromatic N) is 2. The first-order valence-corrected chi connectivity index (χ1v) is 9.54. The molecule has 2 aromatic heterocycles. The molecule has 3 atom stereocenters. The summed E-state index contributed by atoms with van der Waals surface area (Å²) in [5.74, 6) is 1.76. The van der Waals surface area contributed by atoms with Crippen molar-refractivity contribution in [3.63, 3.8) is 0 Å². The van der Waals surface area contributed by atoms with Crippen LogP contribution in [0.4, 0.5) is 5.69 Å². The number of aliphatic hydroxyl groups excluding tert-OH is 1. The Bertz CT molecular complexity index is 812. The van der Waals surface area contributed by atoms with Crippen LogP contribution in [-0.2, 0) is 7.05 Å². The zero-order valence-electron chi connectivity index (χ0n) is 14.9. The van der Waals surface area contributed by atoms with Crippen molar-refractivity contribution in [3.8, 4) is 0 Å². The minimum Gasteiger partial charge on any atom is -0.390 e. The second kappa shape index (κ2) is 5.21. The second-order valence-electron chi connectivity index (χ2n) is 8.79. The number of hydrogen-bond donors (Lipinski definition) is 3. The number of hydrogen-bond acceptors (Lipinski definition) is 4. The van der Waals surface area contributed by atoms with Gasteiger partial charge in [0.15, 0.2) is 0 Å². The molecular weight excluding hydrogens is 314 g/mol. The Labute approximate surface area is 148 Å². The molecule has 0 amide bonds. The molecule has 0 radical (unpaired) electrons. The maximum absolute atomic E-state index is 10.8. The van der Waals surface area contributed by atoms with Gasteiger partial charge in [0.05, 0.1) is 17.4 Å². The number of aromatic nitrogens is 2. The van der Waals surface area contributed by atoms with Crippen LogP contribution in [0.5, 0.6) is 0 Å². The smallest absolute Gasteiger partial charge is 0.141 e. The van der Waals surface area contributed by atoms with Crippen molar-refractivity contribution in [2.24, 2.45) is 24.8 Å². The molecule has 2 heterocycles. The van der Waals surface area contributed by atoms with Gasteiger partial charge >= 0.3 is 0 Å². The summed E-state index contributed by atoms with van der Waals surface area (Å²) >= 11 is 0. The van der Waals surface area contributed by atoms with Gasteiger partial charge in [-0.15, -0.1) is 0 Å². The van der Waals surface area contributed by atoms with Crippen molar-refractivity contribution in [2.45, 2.75) is 56.8 Å². The molecule has 4 saturated carbocycles. The minimum atomic E-state index is -0.555. The van der Waals surface area contributed by atoms with Crippen LogP contribution in [0.2, 0.25) is 0 Å². The molecule has 0 aliphatic heterocycles. The zero-order chi connectivity index (χ0) is 17.3. The maximum Gasteiger partial charge on any atom is 0.141 e. The van der Waals surface area contributed by atoms with Gasteiger partial charge in [0.1, 0.15) is 5.65 Å². The van der Waals surface area contributed by atoms with Gasteiger partial charge in [-0.1, -0.05) is 0 Å². The molecule has 0 saturated heterocycles. The molecule has 5 heteroatoms. The maximum atomic E-state index is 10.8. The fraction of sp³-hybridized carbons (Fsp3) is 0.650. The highest BCUT2D eigenvalue weighted by Crippen LogP contribution is 2.56. The van der Waals surface area contributed by atoms with Crippen LogP contribution >= 0.6 is 0 Å². The zero-order valence-corrected chi connectivity index (χ0v) is 14.9. The fourth-order valence-electron chi connectivity index (χ4n) is 6.09. The topological polar surface area (TPSA) is 70.3 Å². The molecule has 2 aromatic rings. The van der Waals surface area contributed by atoms with E-state index >= 15 is 0 Å². The summed E-state index contributed by atoms with van der Waals surface area (Å²) in [6.07, 6.45) is 8.57. The summed E-state index contributed by atoms with van der Waals surface area (Å²) < 4.78 is 2.02. The first-order chi connectivity index (χ1) is 11.9. The number of pyridine rings is 1. The third-order valence-corrected chi connectivity index (χ3v) is 6.93. The van der Waals surface area contributed by atoms with E-state index in [1.807, 2.05) is 17.8 Å². The molecular formula is C20H27N3O2. The van der Waals surface area contributed by atoms with Gasteiger partial charge in [0.2, 0.25) is 0 Å². The number of anilines is 1. The molecule has 134 valence electrons. The van der Waals surface area contributed by atoms with Crippen LogP contribution in [0.3, 0.4) is 0 Å². The molecule has 5 nitrogen and oxygen atoms in total. The van der Waals surface area contributed by atoms with E-state index in [0.29, 0.717) is 23.8 Å². The molecule has 4 fully saturated rings.